The fraction of sp³-hybridized carbons (Fsp3) is 0.360. The van der Waals surface area contributed by atoms with Crippen molar-refractivity contribution in [3.05, 3.63) is 52.7 Å². The van der Waals surface area contributed by atoms with Crippen molar-refractivity contribution in [2.75, 3.05) is 31.1 Å². The van der Waals surface area contributed by atoms with Gasteiger partial charge in [0.25, 0.3) is 11.1 Å². The largest absolute Gasteiger partial charge is 0.369 e. The zero-order valence-corrected chi connectivity index (χ0v) is 20.4. The minimum absolute atomic E-state index is 0.341. The lowest BCUT2D eigenvalue weighted by Crippen LogP contribution is -2.49. The molecule has 34 heavy (non-hydrogen) atoms. The van der Waals surface area contributed by atoms with Crippen LogP contribution in [0.4, 0.5) is 10.5 Å². The van der Waals surface area contributed by atoms with Crippen LogP contribution in [0.15, 0.2) is 41.4 Å². The molecule has 0 spiro atoms. The lowest BCUT2D eigenvalue weighted by Gasteiger charge is -2.39. The number of fused-ring (bicyclic) bond motifs is 1. The number of carbonyl (C=O) groups is 2. The maximum absolute atomic E-state index is 11.9. The van der Waals surface area contributed by atoms with Crippen molar-refractivity contribution >= 4 is 40.3 Å². The van der Waals surface area contributed by atoms with E-state index in [1.54, 1.807) is 16.7 Å². The summed E-state index contributed by atoms with van der Waals surface area (Å²) in [5.41, 5.74) is 5.87. The number of nitrogens with zero attached hydrogens (tertiary/aromatic N) is 5. The number of nitrogens with one attached hydrogen (secondary N) is 1. The summed E-state index contributed by atoms with van der Waals surface area (Å²) in [5, 5.41) is 6.59. The van der Waals surface area contributed by atoms with E-state index in [9.17, 15) is 9.59 Å². The molecule has 8 nitrogen and oxygen atoms in total. The second kappa shape index (κ2) is 9.23. The molecule has 1 N–H and O–H groups in total. The van der Waals surface area contributed by atoms with Gasteiger partial charge in [-0.3, -0.25) is 19.8 Å². The van der Waals surface area contributed by atoms with E-state index in [1.165, 1.54) is 11.3 Å². The van der Waals surface area contributed by atoms with E-state index in [2.05, 4.69) is 64.2 Å². The van der Waals surface area contributed by atoms with Crippen LogP contribution in [0.3, 0.4) is 0 Å². The summed E-state index contributed by atoms with van der Waals surface area (Å²) >= 11 is 0.887. The number of benzene rings is 1. The Morgan fingerprint density at radius 1 is 1.12 bits per heavy atom. The number of amides is 2. The van der Waals surface area contributed by atoms with Crippen LogP contribution in [-0.2, 0) is 11.2 Å². The zero-order valence-electron chi connectivity index (χ0n) is 19.6. The van der Waals surface area contributed by atoms with Crippen molar-refractivity contribution < 1.29 is 9.59 Å². The number of aryl methyl sites for hydroxylation is 1. The van der Waals surface area contributed by atoms with Crippen molar-refractivity contribution in [3.63, 3.8) is 0 Å². The first-order valence-electron chi connectivity index (χ1n) is 11.6. The molecule has 0 aliphatic carbocycles. The smallest absolute Gasteiger partial charge is 0.290 e. The zero-order chi connectivity index (χ0) is 23.8. The number of carbonyl (C=O) groups excluding carboxylic acids is 2. The molecule has 0 unspecified atom stereocenters. The average Bonchev–Trinajstić information content (AvgIpc) is 3.40. The van der Waals surface area contributed by atoms with E-state index in [1.807, 2.05) is 12.3 Å². The maximum atomic E-state index is 11.9. The molecule has 4 heterocycles. The van der Waals surface area contributed by atoms with Gasteiger partial charge >= 0.3 is 0 Å². The first kappa shape index (κ1) is 22.6. The Morgan fingerprint density at radius 2 is 1.91 bits per heavy atom. The van der Waals surface area contributed by atoms with E-state index >= 15 is 0 Å². The summed E-state index contributed by atoms with van der Waals surface area (Å²) in [6.45, 7) is 10.9. The number of imidazole rings is 1. The van der Waals surface area contributed by atoms with Crippen LogP contribution in [-0.4, -0.2) is 62.9 Å². The predicted molar refractivity (Wildman–Crippen MR) is 136 cm³/mol. The molecular formula is C25H28N6O2S. The minimum Gasteiger partial charge on any atom is -0.369 e. The number of hydrogen-bond donors (Lipinski definition) is 1. The molecule has 2 fully saturated rings. The van der Waals surface area contributed by atoms with E-state index in [0.717, 1.165) is 61.3 Å². The fourth-order valence-corrected chi connectivity index (χ4v) is 5.20. The maximum Gasteiger partial charge on any atom is 0.290 e. The Hall–Kier alpha value is -3.17. The van der Waals surface area contributed by atoms with Gasteiger partial charge in [-0.25, -0.2) is 9.50 Å². The van der Waals surface area contributed by atoms with Crippen LogP contribution >= 0.6 is 11.8 Å². The summed E-state index contributed by atoms with van der Waals surface area (Å²) < 4.78 is 1.79. The van der Waals surface area contributed by atoms with Crippen LogP contribution in [0.5, 0.6) is 0 Å². The average molecular weight is 477 g/mol. The van der Waals surface area contributed by atoms with E-state index < -0.39 is 0 Å². The molecule has 176 valence electrons. The molecule has 9 heteroatoms. The topological polar surface area (TPSA) is 82.8 Å². The summed E-state index contributed by atoms with van der Waals surface area (Å²) in [7, 11) is 0. The Labute approximate surface area is 203 Å². The monoisotopic (exact) mass is 476 g/mol. The van der Waals surface area contributed by atoms with Crippen molar-refractivity contribution in [2.45, 2.75) is 33.2 Å². The van der Waals surface area contributed by atoms with Gasteiger partial charge in [0.2, 0.25) is 0 Å². The molecule has 0 saturated carbocycles. The van der Waals surface area contributed by atoms with Crippen LogP contribution < -0.4 is 10.2 Å². The van der Waals surface area contributed by atoms with Crippen molar-refractivity contribution in [1.29, 1.82) is 0 Å². The molecule has 0 bridgehead atoms. The van der Waals surface area contributed by atoms with Crippen molar-refractivity contribution in [1.82, 2.24) is 24.8 Å². The van der Waals surface area contributed by atoms with E-state index in [4.69, 9.17) is 0 Å². The van der Waals surface area contributed by atoms with E-state index in [0.29, 0.717) is 16.6 Å². The number of piperazine rings is 1. The number of imide groups is 1. The van der Waals surface area contributed by atoms with Gasteiger partial charge in [0.15, 0.2) is 5.65 Å². The standard InChI is InChI=1S/C25H28N6O2S/c1-4-17-13-18(5-7-20(17)30-11-9-29(10-12-30)16(2)3)21-15-26-23-8-6-19(28-31(21)23)14-22-24(32)27-25(33)34-22/h5-8,13-16H,4,9-12H2,1-3H3,(H,27,32,33). The highest BCUT2D eigenvalue weighted by atomic mass is 32.2. The first-order chi connectivity index (χ1) is 16.4. The normalized spacial score (nSPS) is 18.5. The molecule has 2 amide bonds. The summed E-state index contributed by atoms with van der Waals surface area (Å²) in [4.78, 5) is 33.2. The van der Waals surface area contributed by atoms with E-state index in [-0.39, 0.29) is 11.1 Å². The third-order valence-electron chi connectivity index (χ3n) is 6.45. The molecule has 1 aromatic carbocycles. The number of rotatable bonds is 5. The molecule has 2 aliphatic heterocycles. The third-order valence-corrected chi connectivity index (χ3v) is 7.26. The highest BCUT2D eigenvalue weighted by Crippen LogP contribution is 2.30. The fourth-order valence-electron chi connectivity index (χ4n) is 4.53. The SMILES string of the molecule is CCc1cc(-c2cnc3ccc(C=C4SC(=O)NC4=O)nn23)ccc1N1CCN(C(C)C)CC1. The summed E-state index contributed by atoms with van der Waals surface area (Å²) in [6, 6.07) is 10.8. The Balaban J connectivity index is 1.45. The quantitative estimate of drug-likeness (QED) is 0.561. The molecule has 2 aromatic heterocycles. The predicted octanol–water partition coefficient (Wildman–Crippen LogP) is 3.81. The van der Waals surface area contributed by atoms with Gasteiger partial charge in [0.05, 0.1) is 22.5 Å². The summed E-state index contributed by atoms with van der Waals surface area (Å²) in [5.74, 6) is -0.389. The second-order valence-electron chi connectivity index (χ2n) is 8.84. The number of thioether (sulfide) groups is 1. The number of aromatic nitrogens is 3. The molecule has 5 rings (SSSR count). The molecule has 0 radical (unpaired) electrons. The van der Waals surface area contributed by atoms with Crippen LogP contribution in [0.25, 0.3) is 23.0 Å². The molecule has 2 aliphatic rings. The van der Waals surface area contributed by atoms with Crippen molar-refractivity contribution in [3.8, 4) is 11.3 Å². The van der Waals surface area contributed by atoms with Gasteiger partial charge < -0.3 is 4.90 Å². The molecular weight excluding hydrogens is 448 g/mol. The second-order valence-corrected chi connectivity index (χ2v) is 9.85. The van der Waals surface area contributed by atoms with Gasteiger partial charge in [-0.1, -0.05) is 13.0 Å². The molecule has 3 aromatic rings. The van der Waals surface area contributed by atoms with Crippen molar-refractivity contribution in [2.24, 2.45) is 0 Å². The Morgan fingerprint density at radius 3 is 2.59 bits per heavy atom. The summed E-state index contributed by atoms with van der Waals surface area (Å²) in [6.07, 6.45) is 4.40. The number of hydrogen-bond acceptors (Lipinski definition) is 7. The Bertz CT molecular complexity index is 1290. The van der Waals surface area contributed by atoms with Gasteiger partial charge in [-0.05, 0) is 67.9 Å². The van der Waals surface area contributed by atoms with Gasteiger partial charge in [0, 0.05) is 43.5 Å². The van der Waals surface area contributed by atoms with Crippen LogP contribution in [0, 0.1) is 0 Å². The molecule has 0 atom stereocenters. The number of anilines is 1. The minimum atomic E-state index is -0.389. The lowest BCUT2D eigenvalue weighted by atomic mass is 10.0. The Kier molecular flexibility index (Phi) is 6.14. The van der Waals surface area contributed by atoms with Gasteiger partial charge in [0.1, 0.15) is 0 Å². The van der Waals surface area contributed by atoms with Crippen LogP contribution in [0.1, 0.15) is 32.0 Å². The van der Waals surface area contributed by atoms with Crippen LogP contribution in [0.2, 0.25) is 0 Å². The molecule has 2 saturated heterocycles. The lowest BCUT2D eigenvalue weighted by molar-refractivity contribution is -0.115. The van der Waals surface area contributed by atoms with Gasteiger partial charge in [-0.15, -0.1) is 0 Å². The van der Waals surface area contributed by atoms with Gasteiger partial charge in [-0.2, -0.15) is 5.10 Å². The highest BCUT2D eigenvalue weighted by Gasteiger charge is 2.25. The first-order valence-corrected chi connectivity index (χ1v) is 12.5. The third kappa shape index (κ3) is 4.33. The highest BCUT2D eigenvalue weighted by molar-refractivity contribution is 8.18.